The second kappa shape index (κ2) is 5.01. The van der Waals surface area contributed by atoms with Crippen molar-refractivity contribution in [2.75, 3.05) is 17.8 Å². The molecule has 1 saturated heterocycles. The Bertz CT molecular complexity index is 471. The van der Waals surface area contributed by atoms with Gasteiger partial charge in [0.25, 0.3) is 0 Å². The van der Waals surface area contributed by atoms with E-state index in [1.807, 2.05) is 4.67 Å². The average Bonchev–Trinajstić information content (AvgIpc) is 2.79. The van der Waals surface area contributed by atoms with Gasteiger partial charge in [0.15, 0.2) is 8.22 Å². The Balaban J connectivity index is 2.22. The van der Waals surface area contributed by atoms with Crippen molar-refractivity contribution in [1.29, 1.82) is 0 Å². The maximum absolute atomic E-state index is 11.0. The van der Waals surface area contributed by atoms with Crippen molar-refractivity contribution in [3.8, 4) is 0 Å². The minimum absolute atomic E-state index is 0.517. The van der Waals surface area contributed by atoms with Crippen LogP contribution in [0.5, 0.6) is 0 Å². The second-order valence-corrected chi connectivity index (χ2v) is 5.14. The van der Waals surface area contributed by atoms with E-state index in [9.17, 15) is 4.79 Å². The van der Waals surface area contributed by atoms with Crippen LogP contribution in [0.15, 0.2) is 29.4 Å². The van der Waals surface area contributed by atoms with Gasteiger partial charge in [0, 0.05) is 29.4 Å². The number of carbonyl (C=O) groups is 1. The van der Waals surface area contributed by atoms with E-state index in [0.717, 1.165) is 5.69 Å². The van der Waals surface area contributed by atoms with Crippen molar-refractivity contribution in [3.05, 3.63) is 34.7 Å². The molecule has 1 unspecified atom stereocenters. The third-order valence-electron chi connectivity index (χ3n) is 2.32. The van der Waals surface area contributed by atoms with Gasteiger partial charge in [-0.3, -0.25) is 5.09 Å². The third-order valence-corrected chi connectivity index (χ3v) is 4.12. The van der Waals surface area contributed by atoms with E-state index in [-0.39, 0.29) is 0 Å². The zero-order valence-electron chi connectivity index (χ0n) is 8.82. The van der Waals surface area contributed by atoms with Gasteiger partial charge in [-0.05, 0) is 17.7 Å². The summed E-state index contributed by atoms with van der Waals surface area (Å²) < 4.78 is 1.82. The van der Waals surface area contributed by atoms with Gasteiger partial charge in [0.2, 0.25) is 0 Å². The van der Waals surface area contributed by atoms with Crippen molar-refractivity contribution < 1.29 is 9.90 Å². The molecular weight excluding hydrogens is 241 g/mol. The van der Waals surface area contributed by atoms with Gasteiger partial charge >= 0.3 is 5.71 Å². The molecular formula is C9H10N5O2P. The summed E-state index contributed by atoms with van der Waals surface area (Å²) in [6.07, 6.45) is 0. The third kappa shape index (κ3) is 2.47. The van der Waals surface area contributed by atoms with Crippen LogP contribution < -0.4 is 9.76 Å². The topological polar surface area (TPSA) is 101 Å². The molecule has 1 heterocycles. The number of hydrogen-bond acceptors (Lipinski definition) is 4. The maximum atomic E-state index is 11.0. The molecule has 0 aliphatic carbocycles. The van der Waals surface area contributed by atoms with Crippen LogP contribution in [-0.2, 0) is 0 Å². The molecule has 0 amide bonds. The molecule has 1 fully saturated rings. The van der Waals surface area contributed by atoms with Crippen LogP contribution in [0, 0.1) is 0 Å². The Morgan fingerprint density at radius 3 is 2.82 bits per heavy atom. The SMILES string of the molecule is [N-]=[N+]=Nc1ccc(N2CCNP2C(=O)O)cc1. The number of rotatable bonds is 3. The molecule has 17 heavy (non-hydrogen) atoms. The van der Waals surface area contributed by atoms with Crippen molar-refractivity contribution in [2.45, 2.75) is 0 Å². The first-order valence-corrected chi connectivity index (χ1v) is 6.21. The quantitative estimate of drug-likeness (QED) is 0.373. The fourth-order valence-electron chi connectivity index (χ4n) is 1.61. The largest absolute Gasteiger partial charge is 0.476 e. The highest BCUT2D eigenvalue weighted by Crippen LogP contribution is 2.43. The van der Waals surface area contributed by atoms with Crippen molar-refractivity contribution >= 4 is 25.3 Å². The van der Waals surface area contributed by atoms with E-state index < -0.39 is 13.9 Å². The normalized spacial score (nSPS) is 18.8. The highest BCUT2D eigenvalue weighted by molar-refractivity contribution is 7.74. The van der Waals surface area contributed by atoms with Crippen LogP contribution in [0.1, 0.15) is 0 Å². The summed E-state index contributed by atoms with van der Waals surface area (Å²) in [5.74, 6) is 0. The van der Waals surface area contributed by atoms with Gasteiger partial charge in [-0.2, -0.15) is 0 Å². The van der Waals surface area contributed by atoms with Crippen LogP contribution in [0.2, 0.25) is 0 Å². The number of benzene rings is 1. The van der Waals surface area contributed by atoms with Crippen LogP contribution in [0.25, 0.3) is 10.4 Å². The van der Waals surface area contributed by atoms with Gasteiger partial charge in [0.05, 0.1) is 0 Å². The van der Waals surface area contributed by atoms with E-state index in [1.165, 1.54) is 0 Å². The van der Waals surface area contributed by atoms with Crippen molar-refractivity contribution in [2.24, 2.45) is 5.11 Å². The van der Waals surface area contributed by atoms with E-state index in [0.29, 0.717) is 18.8 Å². The molecule has 1 aromatic carbocycles. The molecule has 0 bridgehead atoms. The predicted octanol–water partition coefficient (Wildman–Crippen LogP) is 3.03. The van der Waals surface area contributed by atoms with Gasteiger partial charge in [-0.15, -0.1) is 0 Å². The number of anilines is 1. The lowest BCUT2D eigenvalue weighted by Gasteiger charge is -2.21. The van der Waals surface area contributed by atoms with Crippen molar-refractivity contribution in [1.82, 2.24) is 5.09 Å². The van der Waals surface area contributed by atoms with E-state index >= 15 is 0 Å². The van der Waals surface area contributed by atoms with Crippen LogP contribution in [0.4, 0.5) is 16.2 Å². The number of hydrogen-bond donors (Lipinski definition) is 2. The Morgan fingerprint density at radius 2 is 2.24 bits per heavy atom. The molecule has 0 saturated carbocycles. The molecule has 88 valence electrons. The first-order valence-electron chi connectivity index (χ1n) is 4.91. The molecule has 1 aliphatic heterocycles. The van der Waals surface area contributed by atoms with Gasteiger partial charge in [-0.25, -0.2) is 4.79 Å². The first-order chi connectivity index (χ1) is 8.22. The smallest absolute Gasteiger partial charge is 0.361 e. The standard InChI is InChI=1S/C9H10N5O2P/c10-13-12-7-1-3-8(4-2-7)14-6-5-11-17(14)9(15)16/h1-4,11H,5-6H2,(H,15,16). The lowest BCUT2D eigenvalue weighted by Crippen LogP contribution is -2.16. The lowest BCUT2D eigenvalue weighted by molar-refractivity contribution is 0.220. The van der Waals surface area contributed by atoms with Gasteiger partial charge < -0.3 is 9.78 Å². The summed E-state index contributed by atoms with van der Waals surface area (Å²) in [5, 5.41) is 15.5. The summed E-state index contributed by atoms with van der Waals surface area (Å²) >= 11 is 0. The van der Waals surface area contributed by atoms with Crippen LogP contribution in [0.3, 0.4) is 0 Å². The summed E-state index contributed by atoms with van der Waals surface area (Å²) in [6, 6.07) is 6.86. The fraction of sp³-hybridized carbons (Fsp3) is 0.222. The summed E-state index contributed by atoms with van der Waals surface area (Å²) in [5.41, 5.74) is 8.78. The first kappa shape index (κ1) is 11.7. The number of carboxylic acid groups (broad SMARTS) is 1. The van der Waals surface area contributed by atoms with Gasteiger partial charge in [0.1, 0.15) is 0 Å². The molecule has 2 rings (SSSR count). The monoisotopic (exact) mass is 251 g/mol. The van der Waals surface area contributed by atoms with Crippen LogP contribution >= 0.6 is 8.22 Å². The molecule has 0 aromatic heterocycles. The summed E-state index contributed by atoms with van der Waals surface area (Å²) in [4.78, 5) is 13.7. The summed E-state index contributed by atoms with van der Waals surface area (Å²) in [6.45, 7) is 1.33. The molecule has 0 spiro atoms. The number of nitrogens with one attached hydrogen (secondary N) is 1. The molecule has 8 heteroatoms. The zero-order valence-corrected chi connectivity index (χ0v) is 9.71. The maximum Gasteiger partial charge on any atom is 0.361 e. The Labute approximate surface area is 98.5 Å². The van der Waals surface area contributed by atoms with E-state index in [2.05, 4.69) is 15.1 Å². The number of azide groups is 1. The zero-order chi connectivity index (χ0) is 12.3. The molecule has 7 nitrogen and oxygen atoms in total. The van der Waals surface area contributed by atoms with E-state index in [4.69, 9.17) is 10.6 Å². The molecule has 1 atom stereocenters. The Hall–Kier alpha value is -1.81. The molecule has 1 aromatic rings. The highest BCUT2D eigenvalue weighted by Gasteiger charge is 2.30. The fourth-order valence-corrected chi connectivity index (χ4v) is 3.09. The molecule has 2 N–H and O–H groups in total. The minimum Gasteiger partial charge on any atom is -0.476 e. The van der Waals surface area contributed by atoms with Crippen molar-refractivity contribution in [3.63, 3.8) is 0 Å². The Morgan fingerprint density at radius 1 is 1.53 bits per heavy atom. The Kier molecular flexibility index (Phi) is 3.44. The molecule has 0 radical (unpaired) electrons. The predicted molar refractivity (Wildman–Crippen MR) is 65.5 cm³/mol. The molecule has 1 aliphatic rings. The summed E-state index contributed by atoms with van der Waals surface area (Å²) in [7, 11) is -1.36. The van der Waals surface area contributed by atoms with E-state index in [1.54, 1.807) is 24.3 Å². The highest BCUT2D eigenvalue weighted by atomic mass is 31.1. The second-order valence-electron chi connectivity index (χ2n) is 3.33. The van der Waals surface area contributed by atoms with Crippen LogP contribution in [-0.4, -0.2) is 23.9 Å². The number of nitrogens with zero attached hydrogens (tertiary/aromatic N) is 4. The lowest BCUT2D eigenvalue weighted by atomic mass is 10.3. The average molecular weight is 251 g/mol. The minimum atomic E-state index is -1.36. The van der Waals surface area contributed by atoms with Gasteiger partial charge in [-0.1, -0.05) is 17.2 Å².